The highest BCUT2D eigenvalue weighted by Gasteiger charge is 2.28. The summed E-state index contributed by atoms with van der Waals surface area (Å²) in [7, 11) is 3.94. The number of allylic oxidation sites excluding steroid dienone is 1. The zero-order valence-corrected chi connectivity index (χ0v) is 16.9. The van der Waals surface area contributed by atoms with Gasteiger partial charge < -0.3 is 14.4 Å². The van der Waals surface area contributed by atoms with Crippen LogP contribution in [0.25, 0.3) is 6.08 Å². The summed E-state index contributed by atoms with van der Waals surface area (Å²) in [5, 5.41) is 1.92. The lowest BCUT2D eigenvalue weighted by atomic mass is 10.1. The van der Waals surface area contributed by atoms with Crippen LogP contribution in [-0.4, -0.2) is 25.8 Å². The number of hydrogen-bond acceptors (Lipinski definition) is 6. The summed E-state index contributed by atoms with van der Waals surface area (Å²) in [5.74, 6) is 0.462. The number of anilines is 1. The van der Waals surface area contributed by atoms with E-state index in [1.54, 1.807) is 24.3 Å². The molecule has 0 atom stereocenters. The molecule has 0 aliphatic carbocycles. The first-order valence-electron chi connectivity index (χ1n) is 9.08. The minimum atomic E-state index is -0.353. The van der Waals surface area contributed by atoms with Crippen LogP contribution in [0.5, 0.6) is 11.5 Å². The number of benzene rings is 2. The van der Waals surface area contributed by atoms with E-state index in [0.29, 0.717) is 17.1 Å². The lowest BCUT2D eigenvalue weighted by molar-refractivity contribution is -0.133. The highest BCUT2D eigenvalue weighted by atomic mass is 32.1. The molecule has 146 valence electrons. The van der Waals surface area contributed by atoms with Gasteiger partial charge >= 0.3 is 5.97 Å². The molecule has 0 saturated carbocycles. The van der Waals surface area contributed by atoms with E-state index in [9.17, 15) is 9.59 Å². The Kier molecular flexibility index (Phi) is 5.18. The zero-order valence-electron chi connectivity index (χ0n) is 16.0. The quantitative estimate of drug-likeness (QED) is 0.353. The molecule has 2 aromatic carbocycles. The molecule has 0 amide bonds. The number of ketones is 1. The van der Waals surface area contributed by atoms with E-state index in [1.807, 2.05) is 60.8 Å². The third-order valence-electron chi connectivity index (χ3n) is 4.48. The van der Waals surface area contributed by atoms with Gasteiger partial charge in [0.05, 0.1) is 12.0 Å². The number of hydrogen-bond donors (Lipinski definition) is 0. The fraction of sp³-hybridized carbons (Fsp3) is 0.130. The van der Waals surface area contributed by atoms with Crippen LogP contribution in [-0.2, 0) is 11.2 Å². The standard InChI is InChI=1S/C23H19NO4S/c1-24(2)16-7-5-15(6-8-16)12-21-23(26)19-10-9-17(13-20(19)28-21)27-22(25)14-18-4-3-11-29-18/h3-13H,14H2,1-2H3/b21-12-. The number of fused-ring (bicyclic) bond motifs is 1. The first kappa shape index (κ1) is 19.0. The molecule has 0 bridgehead atoms. The molecule has 0 fully saturated rings. The molecule has 4 rings (SSSR count). The second-order valence-corrected chi connectivity index (χ2v) is 7.85. The molecule has 0 unspecified atom stereocenters. The number of thiophene rings is 1. The summed E-state index contributed by atoms with van der Waals surface area (Å²) in [6.45, 7) is 0. The molecule has 2 heterocycles. The van der Waals surface area contributed by atoms with Gasteiger partial charge in [-0.2, -0.15) is 0 Å². The van der Waals surface area contributed by atoms with Crippen LogP contribution in [0.4, 0.5) is 5.69 Å². The lowest BCUT2D eigenvalue weighted by Crippen LogP contribution is -2.10. The van der Waals surface area contributed by atoms with E-state index in [-0.39, 0.29) is 23.9 Å². The maximum atomic E-state index is 12.6. The van der Waals surface area contributed by atoms with Crippen LogP contribution in [0, 0.1) is 0 Å². The third kappa shape index (κ3) is 4.22. The SMILES string of the molecule is CN(C)c1ccc(/C=C2\Oc3cc(OC(=O)Cc4cccs4)ccc3C2=O)cc1. The normalized spacial score (nSPS) is 13.9. The Morgan fingerprint density at radius 1 is 1.14 bits per heavy atom. The fourth-order valence-corrected chi connectivity index (χ4v) is 3.66. The van der Waals surface area contributed by atoms with Gasteiger partial charge in [0.2, 0.25) is 5.78 Å². The maximum Gasteiger partial charge on any atom is 0.316 e. The van der Waals surface area contributed by atoms with Gasteiger partial charge in [-0.3, -0.25) is 9.59 Å². The number of Topliss-reactive ketones (excluding diaryl/α,β-unsaturated/α-hetero) is 1. The topological polar surface area (TPSA) is 55.8 Å². The van der Waals surface area contributed by atoms with Gasteiger partial charge in [0, 0.05) is 30.7 Å². The Balaban J connectivity index is 1.48. The van der Waals surface area contributed by atoms with Crippen molar-refractivity contribution in [2.75, 3.05) is 19.0 Å². The second-order valence-electron chi connectivity index (χ2n) is 6.81. The summed E-state index contributed by atoms with van der Waals surface area (Å²) in [4.78, 5) is 27.6. The number of esters is 1. The van der Waals surface area contributed by atoms with Gasteiger partial charge in [0.1, 0.15) is 11.5 Å². The Morgan fingerprint density at radius 3 is 2.62 bits per heavy atom. The molecular weight excluding hydrogens is 386 g/mol. The van der Waals surface area contributed by atoms with Crippen molar-refractivity contribution in [3.63, 3.8) is 0 Å². The molecule has 0 spiro atoms. The predicted molar refractivity (Wildman–Crippen MR) is 114 cm³/mol. The zero-order chi connectivity index (χ0) is 20.4. The molecule has 1 aliphatic rings. The monoisotopic (exact) mass is 405 g/mol. The van der Waals surface area contributed by atoms with Crippen molar-refractivity contribution in [1.82, 2.24) is 0 Å². The third-order valence-corrected chi connectivity index (χ3v) is 5.36. The summed E-state index contributed by atoms with van der Waals surface area (Å²) in [5.41, 5.74) is 2.40. The van der Waals surface area contributed by atoms with Crippen molar-refractivity contribution in [3.05, 3.63) is 81.7 Å². The first-order chi connectivity index (χ1) is 14.0. The minimum absolute atomic E-state index is 0.187. The van der Waals surface area contributed by atoms with Crippen molar-refractivity contribution in [2.24, 2.45) is 0 Å². The Morgan fingerprint density at radius 2 is 1.93 bits per heavy atom. The largest absolute Gasteiger partial charge is 0.452 e. The molecule has 6 heteroatoms. The Bertz CT molecular complexity index is 1080. The van der Waals surface area contributed by atoms with Crippen LogP contribution in [0.2, 0.25) is 0 Å². The summed E-state index contributed by atoms with van der Waals surface area (Å²) >= 11 is 1.51. The van der Waals surface area contributed by atoms with Crippen molar-refractivity contribution >= 4 is 34.9 Å². The molecule has 3 aromatic rings. The van der Waals surface area contributed by atoms with Crippen LogP contribution >= 0.6 is 11.3 Å². The molecule has 5 nitrogen and oxygen atoms in total. The van der Waals surface area contributed by atoms with Crippen molar-refractivity contribution in [1.29, 1.82) is 0 Å². The highest BCUT2D eigenvalue weighted by molar-refractivity contribution is 7.10. The van der Waals surface area contributed by atoms with E-state index >= 15 is 0 Å². The second kappa shape index (κ2) is 7.93. The number of ether oxygens (including phenoxy) is 2. The Hall–Kier alpha value is -3.38. The number of carbonyl (C=O) groups is 2. The van der Waals surface area contributed by atoms with Gasteiger partial charge in [-0.1, -0.05) is 18.2 Å². The van der Waals surface area contributed by atoms with Crippen LogP contribution in [0.15, 0.2) is 65.7 Å². The summed E-state index contributed by atoms with van der Waals surface area (Å²) < 4.78 is 11.1. The molecule has 1 aromatic heterocycles. The van der Waals surface area contributed by atoms with E-state index in [1.165, 1.54) is 11.3 Å². The van der Waals surface area contributed by atoms with Crippen LogP contribution in [0.1, 0.15) is 20.8 Å². The smallest absolute Gasteiger partial charge is 0.316 e. The average Bonchev–Trinajstić information content (AvgIpc) is 3.30. The van der Waals surface area contributed by atoms with Gasteiger partial charge in [-0.25, -0.2) is 0 Å². The van der Waals surface area contributed by atoms with E-state index < -0.39 is 0 Å². The fourth-order valence-electron chi connectivity index (χ4n) is 2.97. The van der Waals surface area contributed by atoms with Crippen LogP contribution in [0.3, 0.4) is 0 Å². The summed E-state index contributed by atoms with van der Waals surface area (Å²) in [6.07, 6.45) is 1.92. The Labute approximate surface area is 172 Å². The van der Waals surface area contributed by atoms with Crippen molar-refractivity contribution < 1.29 is 19.1 Å². The van der Waals surface area contributed by atoms with E-state index in [2.05, 4.69) is 0 Å². The summed E-state index contributed by atoms with van der Waals surface area (Å²) in [6, 6.07) is 16.4. The molecule has 1 aliphatic heterocycles. The molecule has 0 saturated heterocycles. The van der Waals surface area contributed by atoms with Gasteiger partial charge in [-0.05, 0) is 47.4 Å². The number of carbonyl (C=O) groups excluding carboxylic acids is 2. The lowest BCUT2D eigenvalue weighted by Gasteiger charge is -2.11. The van der Waals surface area contributed by atoms with Gasteiger partial charge in [-0.15, -0.1) is 11.3 Å². The average molecular weight is 405 g/mol. The maximum absolute atomic E-state index is 12.6. The molecular formula is C23H19NO4S. The van der Waals surface area contributed by atoms with Crippen molar-refractivity contribution in [2.45, 2.75) is 6.42 Å². The molecule has 29 heavy (non-hydrogen) atoms. The van der Waals surface area contributed by atoms with E-state index in [0.717, 1.165) is 16.1 Å². The van der Waals surface area contributed by atoms with E-state index in [4.69, 9.17) is 9.47 Å². The highest BCUT2D eigenvalue weighted by Crippen LogP contribution is 2.35. The minimum Gasteiger partial charge on any atom is -0.452 e. The first-order valence-corrected chi connectivity index (χ1v) is 9.96. The number of nitrogens with zero attached hydrogens (tertiary/aromatic N) is 1. The molecule has 0 radical (unpaired) electrons. The van der Waals surface area contributed by atoms with Crippen molar-refractivity contribution in [3.8, 4) is 11.5 Å². The predicted octanol–water partition coefficient (Wildman–Crippen LogP) is 4.58. The van der Waals surface area contributed by atoms with Gasteiger partial charge in [0.25, 0.3) is 0 Å². The number of rotatable bonds is 5. The van der Waals surface area contributed by atoms with Gasteiger partial charge in [0.15, 0.2) is 5.76 Å². The van der Waals surface area contributed by atoms with Crippen LogP contribution < -0.4 is 14.4 Å². The molecule has 0 N–H and O–H groups in total.